The number of pyridine rings is 1. The van der Waals surface area contributed by atoms with E-state index in [1.807, 2.05) is 54.1 Å². The summed E-state index contributed by atoms with van der Waals surface area (Å²) < 4.78 is 3.41. The average molecular weight is 412 g/mol. The number of benzene rings is 1. The van der Waals surface area contributed by atoms with Gasteiger partial charge in [0.1, 0.15) is 5.15 Å². The summed E-state index contributed by atoms with van der Waals surface area (Å²) in [6.07, 6.45) is 4.16. The molecule has 3 aromatic heterocycles. The molecule has 0 amide bonds. The maximum atomic E-state index is 13.1. The van der Waals surface area contributed by atoms with Crippen LogP contribution in [-0.2, 0) is 13.0 Å². The van der Waals surface area contributed by atoms with Crippen molar-refractivity contribution in [3.05, 3.63) is 86.6 Å². The fourth-order valence-electron chi connectivity index (χ4n) is 3.15. The van der Waals surface area contributed by atoms with Crippen molar-refractivity contribution in [2.75, 3.05) is 6.26 Å². The molecule has 0 N–H and O–H groups in total. The predicted octanol–water partition coefficient (Wildman–Crippen LogP) is 3.61. The number of rotatable bonds is 5. The van der Waals surface area contributed by atoms with E-state index in [1.54, 1.807) is 12.3 Å². The van der Waals surface area contributed by atoms with Crippen LogP contribution in [0.3, 0.4) is 0 Å². The fourth-order valence-corrected chi connectivity index (χ4v) is 3.60. The van der Waals surface area contributed by atoms with Crippen LogP contribution >= 0.6 is 23.4 Å². The number of halogens is 1. The van der Waals surface area contributed by atoms with Crippen molar-refractivity contribution in [1.29, 1.82) is 0 Å². The second-order valence-corrected chi connectivity index (χ2v) is 7.58. The lowest BCUT2D eigenvalue weighted by Crippen LogP contribution is -2.26. The molecular formula is C20H18ClN5OS. The number of thioether (sulfide) groups is 1. The molecule has 0 aliphatic carbocycles. The van der Waals surface area contributed by atoms with Crippen LogP contribution in [-0.4, -0.2) is 30.4 Å². The van der Waals surface area contributed by atoms with Gasteiger partial charge in [0.25, 0.3) is 5.56 Å². The van der Waals surface area contributed by atoms with Gasteiger partial charge in [0.05, 0.1) is 6.54 Å². The predicted molar refractivity (Wildman–Crippen MR) is 111 cm³/mol. The van der Waals surface area contributed by atoms with Crippen molar-refractivity contribution < 1.29 is 0 Å². The van der Waals surface area contributed by atoms with E-state index in [0.29, 0.717) is 34.6 Å². The lowest BCUT2D eigenvalue weighted by Gasteiger charge is -2.15. The minimum absolute atomic E-state index is 0.130. The SMILES string of the molecule is CSc1nc2n(Cc3ccc(Cl)nc3)c(C)c(Cc3ccccc3)c(=O)n2n1. The molecule has 0 atom stereocenters. The van der Waals surface area contributed by atoms with Gasteiger partial charge in [0.15, 0.2) is 0 Å². The van der Waals surface area contributed by atoms with Crippen LogP contribution in [0.25, 0.3) is 5.78 Å². The topological polar surface area (TPSA) is 65.1 Å². The van der Waals surface area contributed by atoms with E-state index in [-0.39, 0.29) is 5.56 Å². The first-order valence-electron chi connectivity index (χ1n) is 8.74. The summed E-state index contributed by atoms with van der Waals surface area (Å²) >= 11 is 7.32. The molecular weight excluding hydrogens is 394 g/mol. The largest absolute Gasteiger partial charge is 0.309 e. The van der Waals surface area contributed by atoms with Crippen molar-refractivity contribution in [1.82, 2.24) is 24.1 Å². The molecule has 0 saturated carbocycles. The van der Waals surface area contributed by atoms with Crippen LogP contribution in [0.1, 0.15) is 22.4 Å². The third-order valence-corrected chi connectivity index (χ3v) is 5.40. The molecule has 0 saturated heterocycles. The number of hydrogen-bond acceptors (Lipinski definition) is 5. The van der Waals surface area contributed by atoms with Gasteiger partial charge >= 0.3 is 0 Å². The Hall–Kier alpha value is -2.64. The van der Waals surface area contributed by atoms with Crippen molar-refractivity contribution in [2.24, 2.45) is 0 Å². The average Bonchev–Trinajstić information content (AvgIpc) is 3.15. The van der Waals surface area contributed by atoms with E-state index >= 15 is 0 Å². The highest BCUT2D eigenvalue weighted by atomic mass is 35.5. The molecule has 28 heavy (non-hydrogen) atoms. The molecule has 0 spiro atoms. The number of hydrogen-bond donors (Lipinski definition) is 0. The smallest absolute Gasteiger partial charge is 0.279 e. The second-order valence-electron chi connectivity index (χ2n) is 6.42. The second kappa shape index (κ2) is 7.77. The maximum absolute atomic E-state index is 13.1. The summed E-state index contributed by atoms with van der Waals surface area (Å²) in [5, 5.41) is 5.40. The normalized spacial score (nSPS) is 11.2. The van der Waals surface area contributed by atoms with Gasteiger partial charge in [-0.2, -0.15) is 9.50 Å². The first-order chi connectivity index (χ1) is 13.6. The Balaban J connectivity index is 1.89. The van der Waals surface area contributed by atoms with Gasteiger partial charge in [-0.15, -0.1) is 5.10 Å². The molecule has 4 rings (SSSR count). The minimum Gasteiger partial charge on any atom is -0.309 e. The van der Waals surface area contributed by atoms with E-state index in [1.165, 1.54) is 16.3 Å². The Morgan fingerprint density at radius 1 is 1.11 bits per heavy atom. The van der Waals surface area contributed by atoms with Crippen LogP contribution in [0.5, 0.6) is 0 Å². The van der Waals surface area contributed by atoms with E-state index in [0.717, 1.165) is 16.8 Å². The van der Waals surface area contributed by atoms with Gasteiger partial charge in [0.2, 0.25) is 10.9 Å². The Morgan fingerprint density at radius 2 is 1.89 bits per heavy atom. The zero-order valence-electron chi connectivity index (χ0n) is 15.5. The molecule has 0 fully saturated rings. The molecule has 0 aliphatic heterocycles. The third-order valence-electron chi connectivity index (χ3n) is 4.64. The molecule has 8 heteroatoms. The van der Waals surface area contributed by atoms with Gasteiger partial charge in [-0.25, -0.2) is 4.98 Å². The van der Waals surface area contributed by atoms with Gasteiger partial charge in [-0.05, 0) is 30.4 Å². The summed E-state index contributed by atoms with van der Waals surface area (Å²) in [6.45, 7) is 2.48. The molecule has 0 aliphatic rings. The Bertz CT molecular complexity index is 1190. The lowest BCUT2D eigenvalue weighted by atomic mass is 10.0. The van der Waals surface area contributed by atoms with Crippen molar-refractivity contribution in [3.8, 4) is 0 Å². The van der Waals surface area contributed by atoms with Crippen LogP contribution < -0.4 is 5.56 Å². The first kappa shape index (κ1) is 18.7. The Labute approximate surface area is 171 Å². The van der Waals surface area contributed by atoms with Gasteiger partial charge < -0.3 is 4.57 Å². The quantitative estimate of drug-likeness (QED) is 0.371. The van der Waals surface area contributed by atoms with E-state index in [9.17, 15) is 4.79 Å². The highest BCUT2D eigenvalue weighted by Gasteiger charge is 2.18. The van der Waals surface area contributed by atoms with Crippen molar-refractivity contribution >= 4 is 29.1 Å². The highest BCUT2D eigenvalue weighted by molar-refractivity contribution is 7.98. The molecule has 6 nitrogen and oxygen atoms in total. The van der Waals surface area contributed by atoms with Crippen LogP contribution in [0.4, 0.5) is 0 Å². The Morgan fingerprint density at radius 3 is 2.57 bits per heavy atom. The van der Waals surface area contributed by atoms with Crippen LogP contribution in [0, 0.1) is 6.92 Å². The Kier molecular flexibility index (Phi) is 5.19. The summed E-state index contributed by atoms with van der Waals surface area (Å²) in [5.74, 6) is 0.526. The summed E-state index contributed by atoms with van der Waals surface area (Å²) in [5.41, 5.74) is 3.49. The van der Waals surface area contributed by atoms with E-state index in [4.69, 9.17) is 11.6 Å². The van der Waals surface area contributed by atoms with E-state index in [2.05, 4.69) is 15.1 Å². The highest BCUT2D eigenvalue weighted by Crippen LogP contribution is 2.18. The molecule has 0 radical (unpaired) electrons. The van der Waals surface area contributed by atoms with Gasteiger partial charge in [0, 0.05) is 23.9 Å². The molecule has 142 valence electrons. The van der Waals surface area contributed by atoms with Crippen molar-refractivity contribution in [2.45, 2.75) is 25.0 Å². The van der Waals surface area contributed by atoms with Crippen LogP contribution in [0.2, 0.25) is 5.15 Å². The summed E-state index contributed by atoms with van der Waals surface area (Å²) in [4.78, 5) is 21.8. The number of nitrogens with zero attached hydrogens (tertiary/aromatic N) is 5. The molecule has 3 heterocycles. The molecule has 4 aromatic rings. The lowest BCUT2D eigenvalue weighted by molar-refractivity contribution is 0.711. The molecule has 0 unspecified atom stereocenters. The molecule has 0 bridgehead atoms. The van der Waals surface area contributed by atoms with Crippen molar-refractivity contribution in [3.63, 3.8) is 0 Å². The summed E-state index contributed by atoms with van der Waals surface area (Å²) in [7, 11) is 0. The van der Waals surface area contributed by atoms with Gasteiger partial charge in [-0.3, -0.25) is 4.79 Å². The number of aromatic nitrogens is 5. The summed E-state index contributed by atoms with van der Waals surface area (Å²) in [6, 6.07) is 13.6. The van der Waals surface area contributed by atoms with Crippen LogP contribution in [0.15, 0.2) is 58.6 Å². The zero-order valence-corrected chi connectivity index (χ0v) is 17.0. The fraction of sp³-hybridized carbons (Fsp3) is 0.200. The third kappa shape index (κ3) is 3.55. The standard InChI is InChI=1S/C20H18ClN5OS/c1-13-16(10-14-6-4-3-5-7-14)18(27)26-20(23-19(24-26)28-2)25(13)12-15-8-9-17(21)22-11-15/h3-9,11H,10,12H2,1-2H3. The monoisotopic (exact) mass is 411 g/mol. The van der Waals surface area contributed by atoms with E-state index < -0.39 is 0 Å². The molecule has 1 aromatic carbocycles. The zero-order chi connectivity index (χ0) is 19.7. The van der Waals surface area contributed by atoms with Gasteiger partial charge in [-0.1, -0.05) is 59.8 Å². The minimum atomic E-state index is -0.130. The number of fused-ring (bicyclic) bond motifs is 1. The first-order valence-corrected chi connectivity index (χ1v) is 10.3. The maximum Gasteiger partial charge on any atom is 0.279 e.